The monoisotopic (exact) mass is 356 g/mol. The summed E-state index contributed by atoms with van der Waals surface area (Å²) in [6.07, 6.45) is 0. The van der Waals surface area contributed by atoms with Gasteiger partial charge in [-0.05, 0) is 32.4 Å². The number of hydrogen-bond acceptors (Lipinski definition) is 4. The lowest BCUT2D eigenvalue weighted by atomic mass is 10.1. The van der Waals surface area contributed by atoms with Crippen molar-refractivity contribution in [3.8, 4) is 0 Å². The number of carbonyl (C=O) groups is 2. The van der Waals surface area contributed by atoms with Gasteiger partial charge in [0, 0.05) is 17.4 Å². The first kappa shape index (κ1) is 17.7. The van der Waals surface area contributed by atoms with E-state index in [1.165, 1.54) is 0 Å². The molecule has 0 saturated heterocycles. The number of carbonyl (C=O) groups excluding carboxylic acids is 2. The van der Waals surface area contributed by atoms with Gasteiger partial charge in [0.25, 0.3) is 5.91 Å². The first-order valence-electron chi connectivity index (χ1n) is 6.65. The Kier molecular flexibility index (Phi) is 6.36. The van der Waals surface area contributed by atoms with Gasteiger partial charge in [-0.25, -0.2) is 0 Å². The summed E-state index contributed by atoms with van der Waals surface area (Å²) >= 11 is 3.33. The van der Waals surface area contributed by atoms with Gasteiger partial charge in [-0.2, -0.15) is 0 Å². The third kappa shape index (κ3) is 5.85. The normalized spacial score (nSPS) is 12.6. The fourth-order valence-electron chi connectivity index (χ4n) is 1.62. The smallest absolute Gasteiger partial charge is 0.325 e. The molecule has 5 nitrogen and oxygen atoms in total. The second kappa shape index (κ2) is 7.56. The fraction of sp³-hybridized carbons (Fsp3) is 0.467. The van der Waals surface area contributed by atoms with Crippen molar-refractivity contribution in [1.82, 2.24) is 5.32 Å². The molecule has 0 spiro atoms. The Labute approximate surface area is 133 Å². The molecule has 0 aliphatic carbocycles. The molecule has 0 aromatic heterocycles. The number of nitrogens with two attached hydrogens (primary N) is 1. The molecule has 0 aliphatic rings. The van der Waals surface area contributed by atoms with E-state index in [9.17, 15) is 9.59 Å². The predicted octanol–water partition coefficient (Wildman–Crippen LogP) is 1.98. The maximum Gasteiger partial charge on any atom is 0.325 e. The highest BCUT2D eigenvalue weighted by molar-refractivity contribution is 9.08. The van der Waals surface area contributed by atoms with E-state index in [2.05, 4.69) is 21.2 Å². The Balaban J connectivity index is 2.58. The second-order valence-electron chi connectivity index (χ2n) is 5.64. The summed E-state index contributed by atoms with van der Waals surface area (Å²) in [6, 6.07) is 6.35. The predicted molar refractivity (Wildman–Crippen MR) is 85.2 cm³/mol. The maximum absolute atomic E-state index is 12.1. The second-order valence-corrected chi connectivity index (χ2v) is 6.20. The highest BCUT2D eigenvalue weighted by Gasteiger charge is 2.22. The molecule has 1 atom stereocenters. The van der Waals surface area contributed by atoms with Crippen LogP contribution in [0.4, 0.5) is 0 Å². The van der Waals surface area contributed by atoms with E-state index in [1.54, 1.807) is 32.9 Å². The number of nitrogens with one attached hydrogen (secondary N) is 1. The van der Waals surface area contributed by atoms with Gasteiger partial charge in [-0.1, -0.05) is 34.1 Å². The number of amides is 1. The lowest BCUT2D eigenvalue weighted by Crippen LogP contribution is -2.45. The standard InChI is InChI=1S/C15H21BrN2O3/c1-15(2,3)21-14(20)12(17)9-18-13(19)11-7-5-4-6-10(11)8-16/h4-7,12H,8-9,17H2,1-3H3,(H,18,19). The highest BCUT2D eigenvalue weighted by Crippen LogP contribution is 2.12. The van der Waals surface area contributed by atoms with Gasteiger partial charge in [-0.3, -0.25) is 9.59 Å². The zero-order valence-corrected chi connectivity index (χ0v) is 14.1. The fourth-order valence-corrected chi connectivity index (χ4v) is 2.11. The Bertz CT molecular complexity index is 512. The van der Waals surface area contributed by atoms with Crippen molar-refractivity contribution < 1.29 is 14.3 Å². The molecule has 3 N–H and O–H groups in total. The first-order chi connectivity index (χ1) is 9.74. The Morgan fingerprint density at radius 2 is 1.95 bits per heavy atom. The van der Waals surface area contributed by atoms with Crippen LogP contribution in [0.1, 0.15) is 36.7 Å². The van der Waals surface area contributed by atoms with Gasteiger partial charge in [0.2, 0.25) is 0 Å². The molecule has 0 saturated carbocycles. The quantitative estimate of drug-likeness (QED) is 0.624. The van der Waals surface area contributed by atoms with Gasteiger partial charge in [0.15, 0.2) is 0 Å². The Hall–Kier alpha value is -1.40. The van der Waals surface area contributed by atoms with Crippen LogP contribution in [0.3, 0.4) is 0 Å². The number of esters is 1. The van der Waals surface area contributed by atoms with Gasteiger partial charge < -0.3 is 15.8 Å². The van der Waals surface area contributed by atoms with Crippen molar-refractivity contribution in [2.45, 2.75) is 37.7 Å². The number of ether oxygens (including phenoxy) is 1. The molecule has 0 aliphatic heterocycles. The Morgan fingerprint density at radius 3 is 2.52 bits per heavy atom. The minimum absolute atomic E-state index is 0.0321. The zero-order valence-electron chi connectivity index (χ0n) is 12.5. The van der Waals surface area contributed by atoms with E-state index in [-0.39, 0.29) is 12.5 Å². The average molecular weight is 357 g/mol. The van der Waals surface area contributed by atoms with Gasteiger partial charge in [0.1, 0.15) is 11.6 Å². The molecule has 0 fully saturated rings. The van der Waals surface area contributed by atoms with Crippen LogP contribution < -0.4 is 11.1 Å². The summed E-state index contributed by atoms with van der Waals surface area (Å²) in [4.78, 5) is 23.8. The van der Waals surface area contributed by atoms with Crippen molar-refractivity contribution >= 4 is 27.8 Å². The van der Waals surface area contributed by atoms with Crippen LogP contribution in [0.2, 0.25) is 0 Å². The van der Waals surface area contributed by atoms with Crippen LogP contribution in [0.15, 0.2) is 24.3 Å². The van der Waals surface area contributed by atoms with Crippen LogP contribution in [-0.2, 0) is 14.9 Å². The summed E-state index contributed by atoms with van der Waals surface area (Å²) in [5, 5.41) is 3.23. The SMILES string of the molecule is CC(C)(C)OC(=O)C(N)CNC(=O)c1ccccc1CBr. The molecule has 21 heavy (non-hydrogen) atoms. The van der Waals surface area contributed by atoms with Crippen molar-refractivity contribution in [1.29, 1.82) is 0 Å². The summed E-state index contributed by atoms with van der Waals surface area (Å²) in [5.41, 5.74) is 6.56. The highest BCUT2D eigenvalue weighted by atomic mass is 79.9. The zero-order chi connectivity index (χ0) is 16.0. The van der Waals surface area contributed by atoms with Crippen LogP contribution in [0.5, 0.6) is 0 Å². The minimum Gasteiger partial charge on any atom is -0.459 e. The van der Waals surface area contributed by atoms with E-state index in [1.807, 2.05) is 12.1 Å². The number of rotatable bonds is 5. The van der Waals surface area contributed by atoms with Crippen molar-refractivity contribution in [3.63, 3.8) is 0 Å². The lowest BCUT2D eigenvalue weighted by Gasteiger charge is -2.22. The van der Waals surface area contributed by atoms with E-state index < -0.39 is 17.6 Å². The van der Waals surface area contributed by atoms with Gasteiger partial charge in [0.05, 0.1) is 0 Å². The largest absolute Gasteiger partial charge is 0.459 e. The van der Waals surface area contributed by atoms with E-state index >= 15 is 0 Å². The number of halogens is 1. The van der Waals surface area contributed by atoms with Gasteiger partial charge in [-0.15, -0.1) is 0 Å². The topological polar surface area (TPSA) is 81.4 Å². The van der Waals surface area contributed by atoms with Crippen molar-refractivity contribution in [3.05, 3.63) is 35.4 Å². The molecule has 1 aromatic carbocycles. The molecule has 6 heteroatoms. The molecular formula is C15H21BrN2O3. The molecule has 1 unspecified atom stereocenters. The maximum atomic E-state index is 12.1. The third-order valence-electron chi connectivity index (χ3n) is 2.60. The van der Waals surface area contributed by atoms with E-state index in [0.717, 1.165) is 5.56 Å². The third-order valence-corrected chi connectivity index (χ3v) is 3.20. The number of benzene rings is 1. The summed E-state index contributed by atoms with van der Waals surface area (Å²) in [5.74, 6) is -0.791. The summed E-state index contributed by atoms with van der Waals surface area (Å²) in [6.45, 7) is 5.33. The first-order valence-corrected chi connectivity index (χ1v) is 7.77. The Morgan fingerprint density at radius 1 is 1.33 bits per heavy atom. The van der Waals surface area contributed by atoms with Crippen LogP contribution in [0, 0.1) is 0 Å². The average Bonchev–Trinajstić information content (AvgIpc) is 2.42. The molecule has 116 valence electrons. The van der Waals surface area contributed by atoms with Crippen LogP contribution in [-0.4, -0.2) is 30.1 Å². The van der Waals surface area contributed by atoms with Gasteiger partial charge >= 0.3 is 5.97 Å². The van der Waals surface area contributed by atoms with Crippen LogP contribution >= 0.6 is 15.9 Å². The number of alkyl halides is 1. The molecule has 0 bridgehead atoms. The van der Waals surface area contributed by atoms with Crippen molar-refractivity contribution in [2.24, 2.45) is 5.73 Å². The molecular weight excluding hydrogens is 336 g/mol. The summed E-state index contributed by atoms with van der Waals surface area (Å²) < 4.78 is 5.16. The lowest BCUT2D eigenvalue weighted by molar-refractivity contribution is -0.156. The van der Waals surface area contributed by atoms with E-state index in [0.29, 0.717) is 10.9 Å². The molecule has 1 amide bonds. The van der Waals surface area contributed by atoms with Crippen molar-refractivity contribution in [2.75, 3.05) is 6.54 Å². The molecule has 1 aromatic rings. The number of hydrogen-bond donors (Lipinski definition) is 2. The van der Waals surface area contributed by atoms with E-state index in [4.69, 9.17) is 10.5 Å². The molecule has 0 heterocycles. The summed E-state index contributed by atoms with van der Waals surface area (Å²) in [7, 11) is 0. The molecule has 1 rings (SSSR count). The molecule has 0 radical (unpaired) electrons. The van der Waals surface area contributed by atoms with Crippen LogP contribution in [0.25, 0.3) is 0 Å². The minimum atomic E-state index is -0.885.